The minimum absolute atomic E-state index is 1.22. The van der Waals surface area contributed by atoms with Gasteiger partial charge in [-0.25, -0.2) is 0 Å². The largest absolute Gasteiger partial charge is 0.303 e. The molecule has 0 N–H and O–H groups in total. The van der Waals surface area contributed by atoms with E-state index in [1.54, 1.807) is 11.1 Å². The number of unbranched alkanes of at least 4 members (excludes halogenated alkanes) is 1. The summed E-state index contributed by atoms with van der Waals surface area (Å²) in [7, 11) is 0. The molecule has 0 atom stereocenters. The van der Waals surface area contributed by atoms with E-state index in [1.807, 2.05) is 11.8 Å². The Labute approximate surface area is 145 Å². The lowest BCUT2D eigenvalue weighted by atomic mass is 10.0. The van der Waals surface area contributed by atoms with Crippen LogP contribution in [0.1, 0.15) is 29.5 Å². The van der Waals surface area contributed by atoms with E-state index < -0.39 is 0 Å². The standard InChI is InChI=1S/C21H27NS/c1-18-9-10-19-11-14-22(15-12-20(19)17-18)13-5-6-16-23-21-7-3-2-4-8-21/h2-4,7-10,17H,5-6,11-16H2,1H3. The Balaban J connectivity index is 1.37. The van der Waals surface area contributed by atoms with E-state index in [0.717, 1.165) is 0 Å². The van der Waals surface area contributed by atoms with E-state index in [-0.39, 0.29) is 0 Å². The van der Waals surface area contributed by atoms with Crippen LogP contribution in [-0.4, -0.2) is 30.3 Å². The van der Waals surface area contributed by atoms with Crippen molar-refractivity contribution in [1.82, 2.24) is 4.90 Å². The highest BCUT2D eigenvalue weighted by atomic mass is 32.2. The minimum atomic E-state index is 1.22. The lowest BCUT2D eigenvalue weighted by molar-refractivity contribution is 0.283. The number of hydrogen-bond acceptors (Lipinski definition) is 2. The second kappa shape index (κ2) is 8.56. The zero-order valence-corrected chi connectivity index (χ0v) is 14.9. The molecule has 1 heterocycles. The summed E-state index contributed by atoms with van der Waals surface area (Å²) in [6, 6.07) is 17.7. The molecular formula is C21H27NS. The van der Waals surface area contributed by atoms with Crippen molar-refractivity contribution in [3.8, 4) is 0 Å². The average Bonchev–Trinajstić information content (AvgIpc) is 2.78. The third-order valence-corrected chi connectivity index (χ3v) is 5.74. The van der Waals surface area contributed by atoms with Gasteiger partial charge in [-0.15, -0.1) is 11.8 Å². The molecule has 2 aromatic carbocycles. The van der Waals surface area contributed by atoms with Crippen molar-refractivity contribution < 1.29 is 0 Å². The molecule has 2 aromatic rings. The molecule has 0 bridgehead atoms. The van der Waals surface area contributed by atoms with Crippen molar-refractivity contribution in [1.29, 1.82) is 0 Å². The van der Waals surface area contributed by atoms with Crippen LogP contribution in [0.15, 0.2) is 53.4 Å². The lowest BCUT2D eigenvalue weighted by Gasteiger charge is -2.19. The Bertz CT molecular complexity index is 608. The van der Waals surface area contributed by atoms with Crippen LogP contribution in [0.4, 0.5) is 0 Å². The quantitative estimate of drug-likeness (QED) is 0.545. The summed E-state index contributed by atoms with van der Waals surface area (Å²) in [4.78, 5) is 4.05. The Morgan fingerprint density at radius 3 is 2.52 bits per heavy atom. The van der Waals surface area contributed by atoms with Gasteiger partial charge in [-0.05, 0) is 68.2 Å². The summed E-state index contributed by atoms with van der Waals surface area (Å²) >= 11 is 1.98. The summed E-state index contributed by atoms with van der Waals surface area (Å²) < 4.78 is 0. The fourth-order valence-electron chi connectivity index (χ4n) is 3.27. The fraction of sp³-hybridized carbons (Fsp3) is 0.429. The molecule has 1 aliphatic rings. The summed E-state index contributed by atoms with van der Waals surface area (Å²) in [6.45, 7) is 5.90. The first-order valence-electron chi connectivity index (χ1n) is 8.80. The monoisotopic (exact) mass is 325 g/mol. The zero-order chi connectivity index (χ0) is 15.9. The number of fused-ring (bicyclic) bond motifs is 1. The normalized spacial score (nSPS) is 15.2. The predicted molar refractivity (Wildman–Crippen MR) is 101 cm³/mol. The topological polar surface area (TPSA) is 3.24 Å². The van der Waals surface area contributed by atoms with Gasteiger partial charge in [-0.3, -0.25) is 0 Å². The van der Waals surface area contributed by atoms with E-state index in [1.165, 1.54) is 61.5 Å². The second-order valence-electron chi connectivity index (χ2n) is 6.48. The van der Waals surface area contributed by atoms with Crippen LogP contribution >= 0.6 is 11.8 Å². The van der Waals surface area contributed by atoms with Crippen molar-refractivity contribution in [3.05, 3.63) is 65.2 Å². The zero-order valence-electron chi connectivity index (χ0n) is 14.1. The molecule has 23 heavy (non-hydrogen) atoms. The highest BCUT2D eigenvalue weighted by Gasteiger charge is 2.13. The Morgan fingerprint density at radius 2 is 1.70 bits per heavy atom. The first-order valence-corrected chi connectivity index (χ1v) is 9.78. The van der Waals surface area contributed by atoms with Gasteiger partial charge in [0.05, 0.1) is 0 Å². The van der Waals surface area contributed by atoms with Crippen LogP contribution in [0, 0.1) is 6.92 Å². The first kappa shape index (κ1) is 16.6. The Hall–Kier alpha value is -1.25. The number of nitrogens with zero attached hydrogens (tertiary/aromatic N) is 1. The van der Waals surface area contributed by atoms with E-state index in [4.69, 9.17) is 0 Å². The molecule has 0 aliphatic carbocycles. The average molecular weight is 326 g/mol. The predicted octanol–water partition coefficient (Wildman–Crippen LogP) is 4.97. The fourth-order valence-corrected chi connectivity index (χ4v) is 4.20. The van der Waals surface area contributed by atoms with Crippen molar-refractivity contribution in [2.75, 3.05) is 25.4 Å². The molecule has 0 saturated heterocycles. The number of thioether (sulfide) groups is 1. The van der Waals surface area contributed by atoms with Crippen LogP contribution in [0.2, 0.25) is 0 Å². The van der Waals surface area contributed by atoms with E-state index in [2.05, 4.69) is 60.4 Å². The molecule has 122 valence electrons. The van der Waals surface area contributed by atoms with Gasteiger partial charge in [0.15, 0.2) is 0 Å². The molecule has 0 fully saturated rings. The van der Waals surface area contributed by atoms with Gasteiger partial charge in [-0.1, -0.05) is 42.0 Å². The lowest BCUT2D eigenvalue weighted by Crippen LogP contribution is -2.27. The molecule has 0 unspecified atom stereocenters. The summed E-state index contributed by atoms with van der Waals surface area (Å²) in [5.41, 5.74) is 4.54. The molecule has 3 rings (SSSR count). The minimum Gasteiger partial charge on any atom is -0.303 e. The van der Waals surface area contributed by atoms with Gasteiger partial charge in [-0.2, -0.15) is 0 Å². The maximum atomic E-state index is 2.66. The number of hydrogen-bond donors (Lipinski definition) is 0. The first-order chi connectivity index (χ1) is 11.3. The second-order valence-corrected chi connectivity index (χ2v) is 7.65. The van der Waals surface area contributed by atoms with Gasteiger partial charge in [0, 0.05) is 18.0 Å². The summed E-state index contributed by atoms with van der Waals surface area (Å²) in [6.07, 6.45) is 5.06. The molecule has 0 radical (unpaired) electrons. The molecule has 0 amide bonds. The smallest absolute Gasteiger partial charge is 0.00719 e. The van der Waals surface area contributed by atoms with Crippen molar-refractivity contribution >= 4 is 11.8 Å². The van der Waals surface area contributed by atoms with Gasteiger partial charge in [0.2, 0.25) is 0 Å². The van der Waals surface area contributed by atoms with Crippen molar-refractivity contribution in [2.24, 2.45) is 0 Å². The van der Waals surface area contributed by atoms with Crippen LogP contribution in [0.3, 0.4) is 0 Å². The van der Waals surface area contributed by atoms with E-state index >= 15 is 0 Å². The SMILES string of the molecule is Cc1ccc2c(c1)CCN(CCCCSc1ccccc1)CC2. The number of aryl methyl sites for hydroxylation is 1. The summed E-state index contributed by atoms with van der Waals surface area (Å²) in [5.74, 6) is 1.23. The highest BCUT2D eigenvalue weighted by molar-refractivity contribution is 7.99. The molecule has 0 spiro atoms. The van der Waals surface area contributed by atoms with Crippen LogP contribution in [0.25, 0.3) is 0 Å². The van der Waals surface area contributed by atoms with Crippen LogP contribution < -0.4 is 0 Å². The van der Waals surface area contributed by atoms with E-state index in [9.17, 15) is 0 Å². The Morgan fingerprint density at radius 1 is 0.913 bits per heavy atom. The number of benzene rings is 2. The molecular weight excluding hydrogens is 298 g/mol. The van der Waals surface area contributed by atoms with Gasteiger partial charge in [0.1, 0.15) is 0 Å². The molecule has 1 nitrogen and oxygen atoms in total. The van der Waals surface area contributed by atoms with Crippen LogP contribution in [-0.2, 0) is 12.8 Å². The maximum absolute atomic E-state index is 2.66. The Kier molecular flexibility index (Phi) is 6.18. The summed E-state index contributed by atoms with van der Waals surface area (Å²) in [5, 5.41) is 0. The van der Waals surface area contributed by atoms with Crippen LogP contribution in [0.5, 0.6) is 0 Å². The third kappa shape index (κ3) is 5.12. The highest BCUT2D eigenvalue weighted by Crippen LogP contribution is 2.20. The molecule has 0 saturated carbocycles. The molecule has 0 aromatic heterocycles. The van der Waals surface area contributed by atoms with Crippen molar-refractivity contribution in [3.63, 3.8) is 0 Å². The van der Waals surface area contributed by atoms with Crippen molar-refractivity contribution in [2.45, 2.75) is 37.5 Å². The maximum Gasteiger partial charge on any atom is 0.00719 e. The molecule has 2 heteroatoms. The van der Waals surface area contributed by atoms with Gasteiger partial charge in [0.25, 0.3) is 0 Å². The third-order valence-electron chi connectivity index (χ3n) is 4.64. The molecule has 1 aliphatic heterocycles. The van der Waals surface area contributed by atoms with Gasteiger partial charge >= 0.3 is 0 Å². The van der Waals surface area contributed by atoms with Gasteiger partial charge < -0.3 is 4.90 Å². The van der Waals surface area contributed by atoms with E-state index in [0.29, 0.717) is 0 Å². The number of rotatable bonds is 6.